The average Bonchev–Trinajstić information content (AvgIpc) is 2.91. The Bertz CT molecular complexity index is 616. The Hall–Kier alpha value is -2.07. The van der Waals surface area contributed by atoms with Gasteiger partial charge in [-0.25, -0.2) is 0 Å². The normalized spacial score (nSPS) is 12.2. The van der Waals surface area contributed by atoms with E-state index in [-0.39, 0.29) is 24.3 Å². The molecule has 0 aliphatic carbocycles. The van der Waals surface area contributed by atoms with Crippen LogP contribution in [0.25, 0.3) is 11.3 Å². The van der Waals surface area contributed by atoms with Crippen molar-refractivity contribution in [2.75, 3.05) is 6.61 Å². The SMILES string of the molecule is Cc1cccc(-c2ccc(C(=O)NC(C)CO)o2)c1C. The number of aliphatic hydroxyl groups excluding tert-OH is 1. The maximum absolute atomic E-state index is 11.9. The molecule has 0 aliphatic rings. The topological polar surface area (TPSA) is 62.5 Å². The van der Waals surface area contributed by atoms with Gasteiger partial charge in [0.15, 0.2) is 5.76 Å². The van der Waals surface area contributed by atoms with Gasteiger partial charge in [-0.1, -0.05) is 18.2 Å². The molecule has 0 saturated carbocycles. The Morgan fingerprint density at radius 1 is 1.30 bits per heavy atom. The number of nitrogens with one attached hydrogen (secondary N) is 1. The van der Waals surface area contributed by atoms with Crippen LogP contribution < -0.4 is 5.32 Å². The van der Waals surface area contributed by atoms with Crippen molar-refractivity contribution in [3.8, 4) is 11.3 Å². The van der Waals surface area contributed by atoms with E-state index < -0.39 is 0 Å². The number of benzene rings is 1. The lowest BCUT2D eigenvalue weighted by Gasteiger charge is -2.09. The fourth-order valence-electron chi connectivity index (χ4n) is 1.96. The highest BCUT2D eigenvalue weighted by Gasteiger charge is 2.15. The molecule has 0 saturated heterocycles. The summed E-state index contributed by atoms with van der Waals surface area (Å²) in [4.78, 5) is 11.9. The molecule has 1 aromatic carbocycles. The van der Waals surface area contributed by atoms with Crippen LogP contribution in [0.1, 0.15) is 28.6 Å². The Labute approximate surface area is 118 Å². The molecule has 1 atom stereocenters. The highest BCUT2D eigenvalue weighted by molar-refractivity contribution is 5.92. The maximum atomic E-state index is 11.9. The predicted molar refractivity (Wildman–Crippen MR) is 77.6 cm³/mol. The van der Waals surface area contributed by atoms with Gasteiger partial charge in [0.2, 0.25) is 0 Å². The zero-order valence-corrected chi connectivity index (χ0v) is 11.9. The smallest absolute Gasteiger partial charge is 0.287 e. The second-order valence-corrected chi connectivity index (χ2v) is 4.97. The molecule has 4 heteroatoms. The molecule has 1 heterocycles. The number of aliphatic hydroxyl groups is 1. The molecule has 106 valence electrons. The van der Waals surface area contributed by atoms with Gasteiger partial charge in [0, 0.05) is 11.6 Å². The molecular formula is C16H19NO3. The highest BCUT2D eigenvalue weighted by atomic mass is 16.4. The number of aryl methyl sites for hydroxylation is 1. The molecule has 0 spiro atoms. The third-order valence-electron chi connectivity index (χ3n) is 3.35. The lowest BCUT2D eigenvalue weighted by molar-refractivity contribution is 0.0895. The van der Waals surface area contributed by atoms with E-state index in [1.807, 2.05) is 32.0 Å². The minimum Gasteiger partial charge on any atom is -0.451 e. The van der Waals surface area contributed by atoms with Crippen molar-refractivity contribution in [3.63, 3.8) is 0 Å². The van der Waals surface area contributed by atoms with Gasteiger partial charge in [-0.15, -0.1) is 0 Å². The van der Waals surface area contributed by atoms with Crippen LogP contribution in [-0.2, 0) is 0 Å². The van der Waals surface area contributed by atoms with E-state index in [1.165, 1.54) is 5.56 Å². The van der Waals surface area contributed by atoms with E-state index in [0.29, 0.717) is 5.76 Å². The Morgan fingerprint density at radius 3 is 2.75 bits per heavy atom. The van der Waals surface area contributed by atoms with Crippen molar-refractivity contribution in [2.45, 2.75) is 26.8 Å². The van der Waals surface area contributed by atoms with Crippen LogP contribution >= 0.6 is 0 Å². The Morgan fingerprint density at radius 2 is 2.05 bits per heavy atom. The summed E-state index contributed by atoms with van der Waals surface area (Å²) in [5.74, 6) is 0.609. The second-order valence-electron chi connectivity index (χ2n) is 4.97. The van der Waals surface area contributed by atoms with E-state index in [4.69, 9.17) is 9.52 Å². The fourth-order valence-corrected chi connectivity index (χ4v) is 1.96. The summed E-state index contributed by atoms with van der Waals surface area (Å²) >= 11 is 0. The van der Waals surface area contributed by atoms with Crippen molar-refractivity contribution < 1.29 is 14.3 Å². The predicted octanol–water partition coefficient (Wildman–Crippen LogP) is 2.67. The molecule has 0 fully saturated rings. The number of hydrogen-bond donors (Lipinski definition) is 2. The number of carbonyl (C=O) groups excluding carboxylic acids is 1. The first-order chi connectivity index (χ1) is 9.52. The molecule has 0 bridgehead atoms. The molecule has 1 aromatic heterocycles. The fraction of sp³-hybridized carbons (Fsp3) is 0.312. The summed E-state index contributed by atoms with van der Waals surface area (Å²) in [6.07, 6.45) is 0. The van der Waals surface area contributed by atoms with Crippen LogP contribution in [0, 0.1) is 13.8 Å². The van der Waals surface area contributed by atoms with Gasteiger partial charge in [0.25, 0.3) is 5.91 Å². The Kier molecular flexibility index (Phi) is 4.25. The van der Waals surface area contributed by atoms with E-state index in [2.05, 4.69) is 5.32 Å². The summed E-state index contributed by atoms with van der Waals surface area (Å²) in [7, 11) is 0. The minimum absolute atomic E-state index is 0.101. The van der Waals surface area contributed by atoms with Crippen molar-refractivity contribution in [2.24, 2.45) is 0 Å². The lowest BCUT2D eigenvalue weighted by atomic mass is 10.0. The average molecular weight is 273 g/mol. The van der Waals surface area contributed by atoms with E-state index in [9.17, 15) is 4.79 Å². The summed E-state index contributed by atoms with van der Waals surface area (Å²) in [6, 6.07) is 9.12. The van der Waals surface area contributed by atoms with E-state index in [1.54, 1.807) is 19.1 Å². The molecule has 0 aliphatic heterocycles. The van der Waals surface area contributed by atoms with Gasteiger partial charge < -0.3 is 14.8 Å². The van der Waals surface area contributed by atoms with Gasteiger partial charge in [-0.05, 0) is 44.0 Å². The molecule has 1 unspecified atom stereocenters. The van der Waals surface area contributed by atoms with Gasteiger partial charge in [-0.2, -0.15) is 0 Å². The van der Waals surface area contributed by atoms with Crippen LogP contribution in [0.4, 0.5) is 0 Å². The molecule has 0 radical (unpaired) electrons. The number of hydrogen-bond acceptors (Lipinski definition) is 3. The van der Waals surface area contributed by atoms with E-state index >= 15 is 0 Å². The molecule has 20 heavy (non-hydrogen) atoms. The third kappa shape index (κ3) is 2.91. The summed E-state index contributed by atoms with van der Waals surface area (Å²) in [6.45, 7) is 5.70. The minimum atomic E-state index is -0.317. The van der Waals surface area contributed by atoms with E-state index in [0.717, 1.165) is 11.1 Å². The number of carbonyl (C=O) groups is 1. The maximum Gasteiger partial charge on any atom is 0.287 e. The number of amides is 1. The zero-order chi connectivity index (χ0) is 14.7. The van der Waals surface area contributed by atoms with Gasteiger partial charge in [-0.3, -0.25) is 4.79 Å². The standard InChI is InChI=1S/C16H19NO3/c1-10-5-4-6-13(12(10)3)14-7-8-15(20-14)16(19)17-11(2)9-18/h4-8,11,18H,9H2,1-3H3,(H,17,19). The first-order valence-electron chi connectivity index (χ1n) is 6.61. The van der Waals surface area contributed by atoms with Gasteiger partial charge in [0.05, 0.1) is 6.61 Å². The largest absolute Gasteiger partial charge is 0.451 e. The molecule has 1 amide bonds. The molecule has 2 rings (SSSR count). The van der Waals surface area contributed by atoms with Crippen LogP contribution in [0.5, 0.6) is 0 Å². The van der Waals surface area contributed by atoms with Gasteiger partial charge >= 0.3 is 0 Å². The van der Waals surface area contributed by atoms with Crippen LogP contribution in [0.3, 0.4) is 0 Å². The van der Waals surface area contributed by atoms with Gasteiger partial charge in [0.1, 0.15) is 5.76 Å². The van der Waals surface area contributed by atoms with Crippen molar-refractivity contribution in [3.05, 3.63) is 47.2 Å². The second kappa shape index (κ2) is 5.92. The molecular weight excluding hydrogens is 254 g/mol. The number of furan rings is 1. The Balaban J connectivity index is 2.25. The van der Waals surface area contributed by atoms with Crippen LogP contribution in [0.15, 0.2) is 34.7 Å². The van der Waals surface area contributed by atoms with Crippen LogP contribution in [0.2, 0.25) is 0 Å². The summed E-state index contributed by atoms with van der Waals surface area (Å²) in [5, 5.41) is 11.6. The first kappa shape index (κ1) is 14.3. The quantitative estimate of drug-likeness (QED) is 0.900. The van der Waals surface area contributed by atoms with Crippen molar-refractivity contribution >= 4 is 5.91 Å². The zero-order valence-electron chi connectivity index (χ0n) is 11.9. The highest BCUT2D eigenvalue weighted by Crippen LogP contribution is 2.27. The molecule has 4 nitrogen and oxygen atoms in total. The number of rotatable bonds is 4. The van der Waals surface area contributed by atoms with Crippen LogP contribution in [-0.4, -0.2) is 23.7 Å². The summed E-state index contributed by atoms with van der Waals surface area (Å²) in [5.41, 5.74) is 3.30. The molecule has 2 N–H and O–H groups in total. The van der Waals surface area contributed by atoms with Crippen molar-refractivity contribution in [1.82, 2.24) is 5.32 Å². The summed E-state index contributed by atoms with van der Waals surface area (Å²) < 4.78 is 5.62. The third-order valence-corrected chi connectivity index (χ3v) is 3.35. The first-order valence-corrected chi connectivity index (χ1v) is 6.61. The monoisotopic (exact) mass is 273 g/mol. The molecule has 2 aromatic rings. The lowest BCUT2D eigenvalue weighted by Crippen LogP contribution is -2.34. The van der Waals surface area contributed by atoms with Crippen molar-refractivity contribution in [1.29, 1.82) is 0 Å².